The SMILES string of the molecule is N[C@@H](Cc1ccccc1)C(=O)O.OCC(O)CO. The molecule has 1 aromatic rings. The molecule has 0 aliphatic heterocycles. The number of hydrogen-bond acceptors (Lipinski definition) is 5. The Balaban J connectivity index is 0.000000411. The van der Waals surface area contributed by atoms with E-state index in [4.69, 9.17) is 26.2 Å². The number of aliphatic hydroxyl groups excluding tert-OH is 3. The van der Waals surface area contributed by atoms with Gasteiger partial charge in [-0.05, 0) is 12.0 Å². The van der Waals surface area contributed by atoms with Gasteiger partial charge in [0.05, 0.1) is 13.2 Å². The van der Waals surface area contributed by atoms with Gasteiger partial charge in [0.2, 0.25) is 0 Å². The predicted octanol–water partition coefficient (Wildman–Crippen LogP) is -1.03. The molecule has 1 atom stereocenters. The van der Waals surface area contributed by atoms with Gasteiger partial charge in [-0.15, -0.1) is 0 Å². The molecule has 0 saturated heterocycles. The van der Waals surface area contributed by atoms with Crippen molar-refractivity contribution in [2.24, 2.45) is 5.73 Å². The van der Waals surface area contributed by atoms with Crippen LogP contribution in [0, 0.1) is 0 Å². The van der Waals surface area contributed by atoms with Crippen LogP contribution in [0.25, 0.3) is 0 Å². The van der Waals surface area contributed by atoms with E-state index in [-0.39, 0.29) is 13.2 Å². The summed E-state index contributed by atoms with van der Waals surface area (Å²) in [6.45, 7) is -0.729. The Hall–Kier alpha value is -1.47. The first-order valence-corrected chi connectivity index (χ1v) is 5.43. The van der Waals surface area contributed by atoms with Gasteiger partial charge in [0.15, 0.2) is 0 Å². The number of nitrogens with two attached hydrogens (primary N) is 1. The first kappa shape index (κ1) is 16.5. The van der Waals surface area contributed by atoms with Crippen LogP contribution < -0.4 is 5.73 Å². The predicted molar refractivity (Wildman–Crippen MR) is 65.9 cm³/mol. The van der Waals surface area contributed by atoms with Gasteiger partial charge in [-0.2, -0.15) is 0 Å². The van der Waals surface area contributed by atoms with Crippen molar-refractivity contribution >= 4 is 5.97 Å². The Kier molecular flexibility index (Phi) is 8.77. The summed E-state index contributed by atoms with van der Waals surface area (Å²) in [5.74, 6) is -0.959. The van der Waals surface area contributed by atoms with Gasteiger partial charge in [0.25, 0.3) is 0 Å². The third-order valence-corrected chi connectivity index (χ3v) is 2.04. The number of rotatable bonds is 5. The zero-order valence-corrected chi connectivity index (χ0v) is 9.94. The molecule has 0 aromatic heterocycles. The van der Waals surface area contributed by atoms with E-state index in [1.54, 1.807) is 0 Å². The lowest BCUT2D eigenvalue weighted by Gasteiger charge is -2.04. The van der Waals surface area contributed by atoms with E-state index in [2.05, 4.69) is 0 Å². The van der Waals surface area contributed by atoms with Gasteiger partial charge in [0, 0.05) is 0 Å². The molecule has 0 bridgehead atoms. The molecule has 1 aromatic carbocycles. The van der Waals surface area contributed by atoms with Crippen molar-refractivity contribution in [2.45, 2.75) is 18.6 Å². The second kappa shape index (κ2) is 9.55. The van der Waals surface area contributed by atoms with Crippen LogP contribution in [0.2, 0.25) is 0 Å². The Morgan fingerprint density at radius 2 is 1.67 bits per heavy atom. The Morgan fingerprint density at radius 1 is 1.17 bits per heavy atom. The molecule has 0 aliphatic rings. The lowest BCUT2D eigenvalue weighted by atomic mass is 10.1. The summed E-state index contributed by atoms with van der Waals surface area (Å²) in [6, 6.07) is 8.54. The van der Waals surface area contributed by atoms with Crippen molar-refractivity contribution in [1.29, 1.82) is 0 Å². The second-order valence-corrected chi connectivity index (χ2v) is 3.65. The molecule has 1 rings (SSSR count). The molecule has 0 amide bonds. The third-order valence-electron chi connectivity index (χ3n) is 2.04. The van der Waals surface area contributed by atoms with Crippen molar-refractivity contribution in [1.82, 2.24) is 0 Å². The Bertz CT molecular complexity index is 326. The molecule has 6 heteroatoms. The molecule has 6 N–H and O–H groups in total. The first-order valence-electron chi connectivity index (χ1n) is 5.43. The van der Waals surface area contributed by atoms with Crippen molar-refractivity contribution < 1.29 is 25.2 Å². The molecule has 18 heavy (non-hydrogen) atoms. The van der Waals surface area contributed by atoms with E-state index in [1.807, 2.05) is 30.3 Å². The van der Waals surface area contributed by atoms with Crippen LogP contribution in [0.3, 0.4) is 0 Å². The quantitative estimate of drug-likeness (QED) is 0.459. The normalized spacial score (nSPS) is 11.6. The number of hydrogen-bond donors (Lipinski definition) is 5. The summed E-state index contributed by atoms with van der Waals surface area (Å²) in [5, 5.41) is 32.5. The van der Waals surface area contributed by atoms with Crippen LogP contribution in [0.4, 0.5) is 0 Å². The molecule has 0 heterocycles. The highest BCUT2D eigenvalue weighted by molar-refractivity contribution is 5.73. The van der Waals surface area contributed by atoms with E-state index < -0.39 is 18.1 Å². The summed E-state index contributed by atoms with van der Waals surface area (Å²) in [5.41, 5.74) is 6.30. The number of carboxylic acid groups (broad SMARTS) is 1. The Labute approximate surface area is 105 Å². The van der Waals surface area contributed by atoms with Crippen LogP contribution in [0.1, 0.15) is 5.56 Å². The monoisotopic (exact) mass is 257 g/mol. The van der Waals surface area contributed by atoms with Crippen molar-refractivity contribution in [3.05, 3.63) is 35.9 Å². The molecule has 0 radical (unpaired) electrons. The molecular weight excluding hydrogens is 238 g/mol. The zero-order chi connectivity index (χ0) is 14.0. The van der Waals surface area contributed by atoms with Crippen LogP contribution in [0.15, 0.2) is 30.3 Å². The Morgan fingerprint density at radius 3 is 2.00 bits per heavy atom. The van der Waals surface area contributed by atoms with Crippen molar-refractivity contribution in [3.63, 3.8) is 0 Å². The first-order chi connectivity index (χ1) is 8.51. The maximum absolute atomic E-state index is 10.4. The largest absolute Gasteiger partial charge is 0.480 e. The molecule has 0 aliphatic carbocycles. The number of benzene rings is 1. The highest BCUT2D eigenvalue weighted by Crippen LogP contribution is 2.01. The van der Waals surface area contributed by atoms with Crippen LogP contribution in [0.5, 0.6) is 0 Å². The molecule has 102 valence electrons. The van der Waals surface area contributed by atoms with E-state index in [0.717, 1.165) is 5.56 Å². The fourth-order valence-electron chi connectivity index (χ4n) is 1.01. The fourth-order valence-corrected chi connectivity index (χ4v) is 1.01. The number of carbonyl (C=O) groups is 1. The highest BCUT2D eigenvalue weighted by Gasteiger charge is 2.10. The fraction of sp³-hybridized carbons (Fsp3) is 0.417. The maximum atomic E-state index is 10.4. The number of carboxylic acids is 1. The maximum Gasteiger partial charge on any atom is 0.320 e. The minimum atomic E-state index is -0.959. The van der Waals surface area contributed by atoms with E-state index in [1.165, 1.54) is 0 Å². The smallest absolute Gasteiger partial charge is 0.320 e. The number of aliphatic carboxylic acids is 1. The summed E-state index contributed by atoms with van der Waals surface area (Å²) in [6.07, 6.45) is -0.569. The molecule has 6 nitrogen and oxygen atoms in total. The number of aliphatic hydroxyl groups is 3. The van der Waals surface area contributed by atoms with E-state index in [0.29, 0.717) is 6.42 Å². The van der Waals surface area contributed by atoms with Gasteiger partial charge >= 0.3 is 5.97 Å². The lowest BCUT2D eigenvalue weighted by molar-refractivity contribution is -0.138. The summed E-state index contributed by atoms with van der Waals surface area (Å²) in [7, 11) is 0. The van der Waals surface area contributed by atoms with Crippen LogP contribution >= 0.6 is 0 Å². The van der Waals surface area contributed by atoms with Gasteiger partial charge in [-0.25, -0.2) is 0 Å². The minimum absolute atomic E-state index is 0.365. The van der Waals surface area contributed by atoms with Crippen molar-refractivity contribution in [3.8, 4) is 0 Å². The average molecular weight is 257 g/mol. The van der Waals surface area contributed by atoms with Gasteiger partial charge in [0.1, 0.15) is 12.1 Å². The van der Waals surface area contributed by atoms with Gasteiger partial charge < -0.3 is 26.2 Å². The topological polar surface area (TPSA) is 124 Å². The van der Waals surface area contributed by atoms with E-state index >= 15 is 0 Å². The minimum Gasteiger partial charge on any atom is -0.480 e. The lowest BCUT2D eigenvalue weighted by Crippen LogP contribution is -2.32. The summed E-state index contributed by atoms with van der Waals surface area (Å²) >= 11 is 0. The van der Waals surface area contributed by atoms with Crippen molar-refractivity contribution in [2.75, 3.05) is 13.2 Å². The molecule has 0 fully saturated rings. The third kappa shape index (κ3) is 7.75. The van der Waals surface area contributed by atoms with Gasteiger partial charge in [-0.1, -0.05) is 30.3 Å². The molecule has 0 unspecified atom stereocenters. The average Bonchev–Trinajstić information content (AvgIpc) is 2.39. The molecule has 0 saturated carbocycles. The van der Waals surface area contributed by atoms with Crippen LogP contribution in [-0.4, -0.2) is 51.8 Å². The second-order valence-electron chi connectivity index (χ2n) is 3.65. The van der Waals surface area contributed by atoms with Gasteiger partial charge in [-0.3, -0.25) is 4.79 Å². The zero-order valence-electron chi connectivity index (χ0n) is 9.94. The summed E-state index contributed by atoms with van der Waals surface area (Å²) in [4.78, 5) is 10.4. The summed E-state index contributed by atoms with van der Waals surface area (Å²) < 4.78 is 0. The highest BCUT2D eigenvalue weighted by atomic mass is 16.4. The molecule has 0 spiro atoms. The van der Waals surface area contributed by atoms with E-state index in [9.17, 15) is 4.79 Å². The van der Waals surface area contributed by atoms with Crippen LogP contribution in [-0.2, 0) is 11.2 Å². The standard InChI is InChI=1S/C9H11NO2.C3H8O3/c10-8(9(11)12)6-7-4-2-1-3-5-7;4-1-3(6)2-5/h1-5,8H,6,10H2,(H,11,12);3-6H,1-2H2/t8-;/m0./s1. The molecular formula is C12H19NO5.